The van der Waals surface area contributed by atoms with Crippen molar-refractivity contribution < 1.29 is 4.74 Å². The van der Waals surface area contributed by atoms with Crippen LogP contribution in [0.25, 0.3) is 0 Å². The van der Waals surface area contributed by atoms with Crippen molar-refractivity contribution in [1.82, 2.24) is 0 Å². The van der Waals surface area contributed by atoms with E-state index in [-0.39, 0.29) is 0 Å². The number of anilines is 1. The quantitative estimate of drug-likeness (QED) is 0.767. The first kappa shape index (κ1) is 14.1. The van der Waals surface area contributed by atoms with Crippen LogP contribution in [0.2, 0.25) is 0 Å². The summed E-state index contributed by atoms with van der Waals surface area (Å²) in [6.07, 6.45) is 0. The Balaban J connectivity index is 2.14. The number of benzene rings is 2. The largest absolute Gasteiger partial charge is 0.496 e. The van der Waals surface area contributed by atoms with E-state index in [9.17, 15) is 0 Å². The zero-order valence-electron chi connectivity index (χ0n) is 12.3. The maximum atomic E-state index is 5.22. The van der Waals surface area contributed by atoms with Gasteiger partial charge in [-0.15, -0.1) is 0 Å². The van der Waals surface area contributed by atoms with Crippen LogP contribution in [-0.4, -0.2) is 21.2 Å². The lowest BCUT2D eigenvalue weighted by Crippen LogP contribution is -2.07. The number of rotatable bonds is 4. The number of azo groups is 1. The van der Waals surface area contributed by atoms with E-state index >= 15 is 0 Å². The molecule has 2 aromatic rings. The van der Waals surface area contributed by atoms with Crippen LogP contribution in [0.4, 0.5) is 17.1 Å². The third-order valence-corrected chi connectivity index (χ3v) is 3.03. The molecule has 0 aliphatic heterocycles. The zero-order chi connectivity index (χ0) is 14.5. The molecule has 0 spiro atoms. The smallest absolute Gasteiger partial charge is 0.121 e. The molecule has 0 saturated carbocycles. The first-order valence-corrected chi connectivity index (χ1v) is 6.44. The van der Waals surface area contributed by atoms with E-state index in [0.29, 0.717) is 0 Å². The summed E-state index contributed by atoms with van der Waals surface area (Å²) in [5, 5.41) is 8.48. The van der Waals surface area contributed by atoms with Crippen molar-refractivity contribution in [3.8, 4) is 5.75 Å². The van der Waals surface area contributed by atoms with Crippen molar-refractivity contribution in [3.63, 3.8) is 0 Å². The predicted octanol–water partition coefficient (Wildman–Crippen LogP) is 4.49. The average molecular weight is 269 g/mol. The van der Waals surface area contributed by atoms with Crippen LogP contribution in [0, 0.1) is 6.92 Å². The topological polar surface area (TPSA) is 37.2 Å². The van der Waals surface area contributed by atoms with Crippen LogP contribution in [0.15, 0.2) is 52.7 Å². The SMILES string of the molecule is COc1ccc(N=Nc2ccc(N(C)C)cc2)cc1C. The first-order valence-electron chi connectivity index (χ1n) is 6.44. The van der Waals surface area contributed by atoms with Gasteiger partial charge in [0, 0.05) is 19.8 Å². The van der Waals surface area contributed by atoms with Crippen LogP contribution < -0.4 is 9.64 Å². The second-order valence-corrected chi connectivity index (χ2v) is 4.76. The molecular weight excluding hydrogens is 250 g/mol. The van der Waals surface area contributed by atoms with Crippen LogP contribution in [0.5, 0.6) is 5.75 Å². The molecule has 0 N–H and O–H groups in total. The van der Waals surface area contributed by atoms with E-state index in [2.05, 4.69) is 10.2 Å². The molecule has 4 heteroatoms. The third-order valence-electron chi connectivity index (χ3n) is 3.03. The molecule has 20 heavy (non-hydrogen) atoms. The third kappa shape index (κ3) is 3.35. The van der Waals surface area contributed by atoms with Crippen molar-refractivity contribution >= 4 is 17.1 Å². The Morgan fingerprint density at radius 3 is 2.05 bits per heavy atom. The number of nitrogens with zero attached hydrogens (tertiary/aromatic N) is 3. The molecule has 0 amide bonds. The first-order chi connectivity index (χ1) is 9.60. The predicted molar refractivity (Wildman–Crippen MR) is 82.7 cm³/mol. The molecule has 0 unspecified atom stereocenters. The second-order valence-electron chi connectivity index (χ2n) is 4.76. The monoisotopic (exact) mass is 269 g/mol. The van der Waals surface area contributed by atoms with Crippen molar-refractivity contribution in [2.75, 3.05) is 26.1 Å². The summed E-state index contributed by atoms with van der Waals surface area (Å²) in [5.41, 5.74) is 3.85. The number of hydrogen-bond acceptors (Lipinski definition) is 4. The van der Waals surface area contributed by atoms with Crippen molar-refractivity contribution in [2.45, 2.75) is 6.92 Å². The van der Waals surface area contributed by atoms with Crippen molar-refractivity contribution in [3.05, 3.63) is 48.0 Å². The molecule has 0 heterocycles. The van der Waals surface area contributed by atoms with Gasteiger partial charge in [-0.3, -0.25) is 0 Å². The molecule has 0 bridgehead atoms. The van der Waals surface area contributed by atoms with Crippen molar-refractivity contribution in [1.29, 1.82) is 0 Å². The van der Waals surface area contributed by atoms with Gasteiger partial charge in [-0.1, -0.05) is 0 Å². The summed E-state index contributed by atoms with van der Waals surface area (Å²) in [4.78, 5) is 2.05. The van der Waals surface area contributed by atoms with Gasteiger partial charge in [0.15, 0.2) is 0 Å². The summed E-state index contributed by atoms with van der Waals surface area (Å²) >= 11 is 0. The Hall–Kier alpha value is -2.36. The maximum absolute atomic E-state index is 5.22. The number of aryl methyl sites for hydroxylation is 1. The van der Waals surface area contributed by atoms with E-state index in [1.807, 2.05) is 68.4 Å². The average Bonchev–Trinajstić information content (AvgIpc) is 2.45. The van der Waals surface area contributed by atoms with Crippen LogP contribution >= 0.6 is 0 Å². The van der Waals surface area contributed by atoms with E-state index < -0.39 is 0 Å². The molecule has 0 saturated heterocycles. The summed E-state index contributed by atoms with van der Waals surface area (Å²) in [6, 6.07) is 13.7. The normalized spacial score (nSPS) is 10.8. The number of ether oxygens (including phenoxy) is 1. The molecule has 0 radical (unpaired) electrons. The molecule has 0 aliphatic rings. The van der Waals surface area contributed by atoms with Crippen LogP contribution in [0.1, 0.15) is 5.56 Å². The van der Waals surface area contributed by atoms with E-state index in [4.69, 9.17) is 4.74 Å². The molecule has 0 fully saturated rings. The standard InChI is InChI=1S/C16H19N3O/c1-12-11-14(7-10-16(12)20-4)18-17-13-5-8-15(9-6-13)19(2)3/h5-11H,1-4H3. The van der Waals surface area contributed by atoms with Gasteiger partial charge in [-0.2, -0.15) is 10.2 Å². The van der Waals surface area contributed by atoms with Crippen molar-refractivity contribution in [2.24, 2.45) is 10.2 Å². The maximum Gasteiger partial charge on any atom is 0.121 e. The Kier molecular flexibility index (Phi) is 4.35. The fraction of sp³-hybridized carbons (Fsp3) is 0.250. The van der Waals surface area contributed by atoms with Crippen LogP contribution in [-0.2, 0) is 0 Å². The Labute approximate surface area is 119 Å². The van der Waals surface area contributed by atoms with E-state index in [1.165, 1.54) is 0 Å². The van der Waals surface area contributed by atoms with Gasteiger partial charge in [0.25, 0.3) is 0 Å². The fourth-order valence-corrected chi connectivity index (χ4v) is 1.86. The Bertz CT molecular complexity index is 604. The molecule has 0 aromatic heterocycles. The minimum Gasteiger partial charge on any atom is -0.496 e. The fourth-order valence-electron chi connectivity index (χ4n) is 1.86. The Morgan fingerprint density at radius 2 is 1.50 bits per heavy atom. The van der Waals surface area contributed by atoms with Crippen LogP contribution in [0.3, 0.4) is 0 Å². The van der Waals surface area contributed by atoms with E-state index in [0.717, 1.165) is 28.4 Å². The number of methoxy groups -OCH3 is 1. The molecule has 104 valence electrons. The lowest BCUT2D eigenvalue weighted by Gasteiger charge is -2.11. The second kappa shape index (κ2) is 6.19. The summed E-state index contributed by atoms with van der Waals surface area (Å²) in [7, 11) is 5.68. The highest BCUT2D eigenvalue weighted by Gasteiger charge is 1.99. The highest BCUT2D eigenvalue weighted by molar-refractivity contribution is 5.52. The van der Waals surface area contributed by atoms with E-state index in [1.54, 1.807) is 7.11 Å². The summed E-state index contributed by atoms with van der Waals surface area (Å²) in [6.45, 7) is 1.99. The minimum atomic E-state index is 0.819. The van der Waals surface area contributed by atoms with Gasteiger partial charge in [0.05, 0.1) is 18.5 Å². The molecule has 2 aromatic carbocycles. The van der Waals surface area contributed by atoms with Gasteiger partial charge >= 0.3 is 0 Å². The molecule has 2 rings (SSSR count). The lowest BCUT2D eigenvalue weighted by atomic mass is 10.2. The molecular formula is C16H19N3O. The lowest BCUT2D eigenvalue weighted by molar-refractivity contribution is 0.412. The summed E-state index contributed by atoms with van der Waals surface area (Å²) < 4.78 is 5.22. The zero-order valence-corrected chi connectivity index (χ0v) is 12.3. The highest BCUT2D eigenvalue weighted by atomic mass is 16.5. The number of hydrogen-bond donors (Lipinski definition) is 0. The highest BCUT2D eigenvalue weighted by Crippen LogP contribution is 2.25. The minimum absolute atomic E-state index is 0.819. The van der Waals surface area contributed by atoms with Gasteiger partial charge < -0.3 is 9.64 Å². The van der Waals surface area contributed by atoms with Gasteiger partial charge in [0.1, 0.15) is 5.75 Å². The van der Waals surface area contributed by atoms with Gasteiger partial charge in [0.2, 0.25) is 0 Å². The summed E-state index contributed by atoms with van der Waals surface area (Å²) in [5.74, 6) is 0.860. The van der Waals surface area contributed by atoms with Gasteiger partial charge in [-0.05, 0) is 55.0 Å². The molecule has 0 atom stereocenters. The Morgan fingerprint density at radius 1 is 0.900 bits per heavy atom. The molecule has 0 aliphatic carbocycles. The van der Waals surface area contributed by atoms with Gasteiger partial charge in [-0.25, -0.2) is 0 Å². The molecule has 4 nitrogen and oxygen atoms in total.